The Bertz CT molecular complexity index is 768. The zero-order chi connectivity index (χ0) is 19.1. The molecule has 152 valence electrons. The van der Waals surface area contributed by atoms with Crippen molar-refractivity contribution in [3.05, 3.63) is 59.7 Å². The van der Waals surface area contributed by atoms with Crippen LogP contribution in [-0.4, -0.2) is 49.8 Å². The Balaban J connectivity index is 0.00000280. The second-order valence-electron chi connectivity index (χ2n) is 7.01. The van der Waals surface area contributed by atoms with Gasteiger partial charge in [-0.15, -0.1) is 24.0 Å². The zero-order valence-corrected chi connectivity index (χ0v) is 18.9. The third kappa shape index (κ3) is 6.02. The number of aromatic hydroxyl groups is 1. The van der Waals surface area contributed by atoms with Crippen LogP contribution in [0.2, 0.25) is 0 Å². The second-order valence-corrected chi connectivity index (χ2v) is 7.01. The maximum absolute atomic E-state index is 10.1. The number of nitrogens with one attached hydrogen (secondary N) is 1. The highest BCUT2D eigenvalue weighted by Crippen LogP contribution is 2.24. The maximum atomic E-state index is 10.1. The van der Waals surface area contributed by atoms with Crippen LogP contribution in [0.3, 0.4) is 0 Å². The van der Waals surface area contributed by atoms with Crippen LogP contribution >= 0.6 is 24.0 Å². The zero-order valence-electron chi connectivity index (χ0n) is 16.6. The van der Waals surface area contributed by atoms with E-state index in [-0.39, 0.29) is 29.7 Å². The molecule has 2 N–H and O–H groups in total. The number of benzene rings is 2. The monoisotopic (exact) mass is 495 g/mol. The van der Waals surface area contributed by atoms with Gasteiger partial charge < -0.3 is 20.1 Å². The first-order valence-electron chi connectivity index (χ1n) is 9.55. The molecule has 3 rings (SSSR count). The largest absolute Gasteiger partial charge is 0.508 e. The van der Waals surface area contributed by atoms with Gasteiger partial charge in [0.1, 0.15) is 11.5 Å². The molecule has 2 aromatic rings. The molecule has 1 unspecified atom stereocenters. The van der Waals surface area contributed by atoms with E-state index < -0.39 is 0 Å². The van der Waals surface area contributed by atoms with E-state index in [1.165, 1.54) is 12.0 Å². The van der Waals surface area contributed by atoms with Crippen LogP contribution in [-0.2, 0) is 12.8 Å². The summed E-state index contributed by atoms with van der Waals surface area (Å²) in [6, 6.07) is 16.1. The van der Waals surface area contributed by atoms with Gasteiger partial charge in [0, 0.05) is 32.7 Å². The third-order valence-corrected chi connectivity index (χ3v) is 5.13. The van der Waals surface area contributed by atoms with Gasteiger partial charge in [-0.1, -0.05) is 36.4 Å². The Labute approximate surface area is 184 Å². The van der Waals surface area contributed by atoms with Gasteiger partial charge in [-0.25, -0.2) is 0 Å². The van der Waals surface area contributed by atoms with Crippen molar-refractivity contribution < 1.29 is 9.84 Å². The van der Waals surface area contributed by atoms with Gasteiger partial charge in [0.25, 0.3) is 0 Å². The Morgan fingerprint density at radius 1 is 1.25 bits per heavy atom. The fourth-order valence-corrected chi connectivity index (χ4v) is 3.66. The number of hydrogen-bond acceptors (Lipinski definition) is 3. The highest BCUT2D eigenvalue weighted by atomic mass is 127. The normalized spacial score (nSPS) is 16.6. The number of guanidine groups is 1. The number of aliphatic imine (C=N–C) groups is 1. The molecule has 0 saturated carbocycles. The molecule has 0 radical (unpaired) electrons. The number of phenols is 1. The summed E-state index contributed by atoms with van der Waals surface area (Å²) >= 11 is 0. The van der Waals surface area contributed by atoms with Crippen molar-refractivity contribution in [2.24, 2.45) is 10.9 Å². The number of likely N-dealkylation sites (tertiary alicyclic amines) is 1. The number of halogens is 1. The third-order valence-electron chi connectivity index (χ3n) is 5.13. The molecule has 28 heavy (non-hydrogen) atoms. The maximum Gasteiger partial charge on any atom is 0.193 e. The van der Waals surface area contributed by atoms with Gasteiger partial charge in [0.05, 0.1) is 7.11 Å². The second kappa shape index (κ2) is 11.1. The molecule has 1 aliphatic rings. The van der Waals surface area contributed by atoms with E-state index in [1.807, 2.05) is 19.2 Å². The lowest BCUT2D eigenvalue weighted by molar-refractivity contribution is 0.406. The first-order chi connectivity index (χ1) is 13.2. The number of rotatable bonds is 6. The molecule has 1 heterocycles. The molecule has 1 saturated heterocycles. The summed E-state index contributed by atoms with van der Waals surface area (Å²) < 4.78 is 5.13. The van der Waals surface area contributed by atoms with E-state index in [2.05, 4.69) is 45.5 Å². The van der Waals surface area contributed by atoms with Gasteiger partial charge >= 0.3 is 0 Å². The minimum Gasteiger partial charge on any atom is -0.508 e. The minimum absolute atomic E-state index is 0. The fraction of sp³-hybridized carbons (Fsp3) is 0.409. The van der Waals surface area contributed by atoms with E-state index in [0.717, 1.165) is 44.0 Å². The fourth-order valence-electron chi connectivity index (χ4n) is 3.66. The van der Waals surface area contributed by atoms with Crippen LogP contribution in [0.15, 0.2) is 53.5 Å². The molecule has 0 aliphatic carbocycles. The van der Waals surface area contributed by atoms with Crippen LogP contribution in [0.1, 0.15) is 17.5 Å². The number of methoxy groups -OCH3 is 1. The van der Waals surface area contributed by atoms with E-state index in [1.54, 1.807) is 13.2 Å². The molecule has 0 aromatic heterocycles. The number of phenolic OH excluding ortho intramolecular Hbond substituents is 1. The van der Waals surface area contributed by atoms with E-state index in [4.69, 9.17) is 4.74 Å². The van der Waals surface area contributed by atoms with Crippen molar-refractivity contribution in [2.45, 2.75) is 19.3 Å². The molecule has 0 amide bonds. The summed E-state index contributed by atoms with van der Waals surface area (Å²) in [5.41, 5.74) is 2.31. The van der Waals surface area contributed by atoms with Crippen molar-refractivity contribution in [1.29, 1.82) is 0 Å². The average molecular weight is 495 g/mol. The van der Waals surface area contributed by atoms with Gasteiger partial charge in [0.2, 0.25) is 0 Å². The summed E-state index contributed by atoms with van der Waals surface area (Å²) in [5.74, 6) is 2.55. The van der Waals surface area contributed by atoms with Crippen LogP contribution in [0.5, 0.6) is 11.5 Å². The molecule has 1 aliphatic heterocycles. The van der Waals surface area contributed by atoms with Crippen molar-refractivity contribution in [2.75, 3.05) is 33.8 Å². The number of ether oxygens (including phenoxy) is 1. The van der Waals surface area contributed by atoms with E-state index >= 15 is 0 Å². The summed E-state index contributed by atoms with van der Waals surface area (Å²) in [4.78, 5) is 6.78. The molecule has 1 atom stereocenters. The summed E-state index contributed by atoms with van der Waals surface area (Å²) in [7, 11) is 3.43. The molecule has 2 aromatic carbocycles. The van der Waals surface area contributed by atoms with Gasteiger partial charge in [-0.3, -0.25) is 4.99 Å². The highest BCUT2D eigenvalue weighted by Gasteiger charge is 2.24. The molecular formula is C22H30IN3O2. The first kappa shape index (κ1) is 22.3. The van der Waals surface area contributed by atoms with Gasteiger partial charge in [-0.05, 0) is 42.4 Å². The highest BCUT2D eigenvalue weighted by molar-refractivity contribution is 14.0. The molecule has 0 spiro atoms. The summed E-state index contributed by atoms with van der Waals surface area (Å²) in [6.07, 6.45) is 3.04. The standard InChI is InChI=1S/C22H29N3O2.HI/c1-23-22(24-12-10-19-8-9-20(27-2)15-21(19)26)25-13-11-18(16-25)14-17-6-4-3-5-7-17;/h3-9,15,18,26H,10-14,16H2,1-2H3,(H,23,24);1H. The lowest BCUT2D eigenvalue weighted by Gasteiger charge is -2.22. The van der Waals surface area contributed by atoms with Crippen LogP contribution in [0, 0.1) is 5.92 Å². The van der Waals surface area contributed by atoms with Crippen molar-refractivity contribution in [3.63, 3.8) is 0 Å². The Morgan fingerprint density at radius 3 is 2.71 bits per heavy atom. The van der Waals surface area contributed by atoms with Gasteiger partial charge in [-0.2, -0.15) is 0 Å². The van der Waals surface area contributed by atoms with E-state index in [9.17, 15) is 5.11 Å². The predicted octanol–water partition coefficient (Wildman–Crippen LogP) is 3.70. The van der Waals surface area contributed by atoms with Crippen molar-refractivity contribution >= 4 is 29.9 Å². The van der Waals surface area contributed by atoms with Crippen molar-refractivity contribution in [1.82, 2.24) is 10.2 Å². The average Bonchev–Trinajstić information content (AvgIpc) is 3.15. The van der Waals surface area contributed by atoms with Crippen LogP contribution in [0.4, 0.5) is 0 Å². The topological polar surface area (TPSA) is 57.1 Å². The first-order valence-corrected chi connectivity index (χ1v) is 9.55. The smallest absolute Gasteiger partial charge is 0.193 e. The lowest BCUT2D eigenvalue weighted by atomic mass is 9.99. The summed E-state index contributed by atoms with van der Waals surface area (Å²) in [5, 5.41) is 13.5. The summed E-state index contributed by atoms with van der Waals surface area (Å²) in [6.45, 7) is 2.79. The van der Waals surface area contributed by atoms with E-state index in [0.29, 0.717) is 11.7 Å². The minimum atomic E-state index is 0. The molecule has 5 nitrogen and oxygen atoms in total. The number of hydrogen-bond donors (Lipinski definition) is 2. The molecule has 0 bridgehead atoms. The quantitative estimate of drug-likeness (QED) is 0.365. The van der Waals surface area contributed by atoms with Crippen LogP contribution in [0.25, 0.3) is 0 Å². The Morgan fingerprint density at radius 2 is 2.04 bits per heavy atom. The molecular weight excluding hydrogens is 465 g/mol. The van der Waals surface area contributed by atoms with Crippen molar-refractivity contribution in [3.8, 4) is 11.5 Å². The van der Waals surface area contributed by atoms with Gasteiger partial charge in [0.15, 0.2) is 5.96 Å². The molecule has 6 heteroatoms. The molecule has 1 fully saturated rings. The van der Waals surface area contributed by atoms with Crippen LogP contribution < -0.4 is 10.1 Å². The lowest BCUT2D eigenvalue weighted by Crippen LogP contribution is -2.41. The number of nitrogens with zero attached hydrogens (tertiary/aromatic N) is 2. The Kier molecular flexibility index (Phi) is 8.89. The SMILES string of the molecule is CN=C(NCCc1ccc(OC)cc1O)N1CCC(Cc2ccccc2)C1.I. The Hall–Kier alpha value is -1.96. The predicted molar refractivity (Wildman–Crippen MR) is 125 cm³/mol.